The van der Waals surface area contributed by atoms with Gasteiger partial charge in [0.1, 0.15) is 0 Å². The zero-order valence-electron chi connectivity index (χ0n) is 17.6. The van der Waals surface area contributed by atoms with Crippen LogP contribution in [0.15, 0.2) is 46.3 Å². The fraction of sp³-hybridized carbons (Fsp3) is 0. The fourth-order valence-corrected chi connectivity index (χ4v) is 16.5. The number of fused-ring (bicyclic) bond motifs is 7. The van der Waals surface area contributed by atoms with Crippen LogP contribution >= 0.6 is 22.7 Å². The van der Waals surface area contributed by atoms with Gasteiger partial charge in [-0.2, -0.15) is 0 Å². The molecule has 176 valence electrons. The Bertz CT molecular complexity index is 2010. The molecule has 0 aliphatic carbocycles. The van der Waals surface area contributed by atoms with Crippen molar-refractivity contribution in [3.63, 3.8) is 0 Å². The zero-order valence-corrected chi connectivity index (χ0v) is 26.1. The zero-order chi connectivity index (χ0) is 24.3. The Morgan fingerprint density at radius 1 is 0.528 bits per heavy atom. The Morgan fingerprint density at radius 2 is 0.972 bits per heavy atom. The van der Waals surface area contributed by atoms with Crippen LogP contribution in [-0.4, -0.2) is 58.0 Å². The summed E-state index contributed by atoms with van der Waals surface area (Å²) >= 11 is 2.41. The molecule has 0 atom stereocenters. The predicted octanol–water partition coefficient (Wildman–Crippen LogP) is 7.69. The molecule has 6 aromatic heterocycles. The molecule has 8 rings (SSSR count). The number of rotatable bonds is 2. The van der Waals surface area contributed by atoms with Crippen LogP contribution in [0.3, 0.4) is 0 Å². The third kappa shape index (κ3) is 3.15. The minimum atomic E-state index is -0.299. The van der Waals surface area contributed by atoms with Crippen LogP contribution < -0.4 is 0 Å². The summed E-state index contributed by atoms with van der Waals surface area (Å²) in [5, 5.41) is 3.37. The summed E-state index contributed by atoms with van der Waals surface area (Å²) in [4.78, 5) is 3.60. The Kier molecular flexibility index (Phi) is 5.18. The monoisotopic (exact) mass is 780 g/mol. The quantitative estimate of drug-likeness (QED) is 0.125. The SMILES string of the molecule is Fc1cc[se]c1-c1[se]c2cc3c(cc2c1F)sc1c2cc4[se]c(-c5[se]ccc5F)c(F)c4cc2sc31. The molecule has 10 heteroatoms. The van der Waals surface area contributed by atoms with Crippen LogP contribution in [0, 0.1) is 23.3 Å². The van der Waals surface area contributed by atoms with Crippen molar-refractivity contribution in [1.29, 1.82) is 0 Å². The van der Waals surface area contributed by atoms with Crippen LogP contribution in [0.2, 0.25) is 0 Å². The van der Waals surface area contributed by atoms with Crippen LogP contribution in [0.25, 0.3) is 66.6 Å². The Balaban J connectivity index is 1.36. The number of halogens is 4. The maximum atomic E-state index is 15.4. The average molecular weight is 776 g/mol. The van der Waals surface area contributed by atoms with E-state index in [0.717, 1.165) is 38.1 Å². The molecule has 0 saturated heterocycles. The second kappa shape index (κ2) is 8.18. The van der Waals surface area contributed by atoms with Gasteiger partial charge in [-0.1, -0.05) is 0 Å². The van der Waals surface area contributed by atoms with Crippen LogP contribution in [0.1, 0.15) is 0 Å². The predicted molar refractivity (Wildman–Crippen MR) is 148 cm³/mol. The Labute approximate surface area is 232 Å². The van der Waals surface area contributed by atoms with Crippen molar-refractivity contribution in [2.75, 3.05) is 0 Å². The van der Waals surface area contributed by atoms with Crippen LogP contribution in [0.5, 0.6) is 0 Å². The summed E-state index contributed by atoms with van der Waals surface area (Å²) in [6.07, 6.45) is 0. The van der Waals surface area contributed by atoms with Gasteiger partial charge in [-0.25, -0.2) is 0 Å². The topological polar surface area (TPSA) is 0 Å². The van der Waals surface area contributed by atoms with Gasteiger partial charge in [-0.05, 0) is 0 Å². The molecule has 0 amide bonds. The van der Waals surface area contributed by atoms with E-state index < -0.39 is 0 Å². The van der Waals surface area contributed by atoms with E-state index >= 15 is 8.78 Å². The summed E-state index contributed by atoms with van der Waals surface area (Å²) in [7, 11) is 0. The molecule has 0 fully saturated rings. The van der Waals surface area contributed by atoms with Crippen molar-refractivity contribution in [3.05, 3.63) is 69.5 Å². The summed E-state index contributed by atoms with van der Waals surface area (Å²) in [5.74, 6) is -1.15. The first kappa shape index (κ1) is 22.8. The van der Waals surface area contributed by atoms with E-state index in [1.807, 2.05) is 12.1 Å². The van der Waals surface area contributed by atoms with E-state index in [0.29, 0.717) is 28.5 Å². The Hall–Kier alpha value is -1.14. The summed E-state index contributed by atoms with van der Waals surface area (Å²) in [6.45, 7) is 0. The molecule has 2 aromatic carbocycles. The molecule has 0 bridgehead atoms. The summed E-state index contributed by atoms with van der Waals surface area (Å²) in [6, 6.07) is 10.9. The molecule has 0 N–H and O–H groups in total. The molecule has 8 aromatic rings. The molecular formula is C26H8F4S2Se4. The van der Waals surface area contributed by atoms with Crippen molar-refractivity contribution >= 4 is 130 Å². The van der Waals surface area contributed by atoms with E-state index in [4.69, 9.17) is 0 Å². The van der Waals surface area contributed by atoms with Crippen molar-refractivity contribution < 1.29 is 17.6 Å². The standard InChI is InChI=1S/C26H8F4S2Se4/c27-13-1-3-33-23(13)25-19(29)11-5-15-9(7-17(11)35-25)21-22(31-15)10-8-18-12(6-16(10)32-21)20(30)26(36-18)24-14(28)2-4-34-24/h1-8H. The van der Waals surface area contributed by atoms with Crippen molar-refractivity contribution in [1.82, 2.24) is 0 Å². The van der Waals surface area contributed by atoms with Gasteiger partial charge < -0.3 is 0 Å². The van der Waals surface area contributed by atoms with Crippen LogP contribution in [0.4, 0.5) is 17.6 Å². The normalized spacial score (nSPS) is 12.4. The second-order valence-corrected chi connectivity index (χ2v) is 18.6. The molecule has 0 aliphatic heterocycles. The first-order valence-electron chi connectivity index (χ1n) is 10.6. The first-order chi connectivity index (χ1) is 17.5. The van der Waals surface area contributed by atoms with Gasteiger partial charge in [-0.3, -0.25) is 0 Å². The van der Waals surface area contributed by atoms with Crippen molar-refractivity contribution in [3.8, 4) is 17.7 Å². The van der Waals surface area contributed by atoms with E-state index in [1.165, 1.54) is 12.1 Å². The Morgan fingerprint density at radius 3 is 1.36 bits per heavy atom. The first-order valence-corrected chi connectivity index (χ1v) is 19.3. The minimum absolute atomic E-state index is 0.153. The van der Waals surface area contributed by atoms with Gasteiger partial charge >= 0.3 is 234 Å². The molecule has 0 spiro atoms. The summed E-state index contributed by atoms with van der Waals surface area (Å²) < 4.78 is 67.5. The molecule has 36 heavy (non-hydrogen) atoms. The molecular weight excluding hydrogens is 768 g/mol. The van der Waals surface area contributed by atoms with Gasteiger partial charge in [0.25, 0.3) is 0 Å². The molecule has 0 radical (unpaired) electrons. The number of benzene rings is 2. The van der Waals surface area contributed by atoms with Gasteiger partial charge in [0.15, 0.2) is 0 Å². The third-order valence-electron chi connectivity index (χ3n) is 6.23. The van der Waals surface area contributed by atoms with Crippen molar-refractivity contribution in [2.24, 2.45) is 0 Å². The second-order valence-electron chi connectivity index (χ2n) is 8.24. The molecule has 0 unspecified atom stereocenters. The van der Waals surface area contributed by atoms with Gasteiger partial charge in [0.2, 0.25) is 0 Å². The fourth-order valence-electron chi connectivity index (χ4n) is 4.58. The average Bonchev–Trinajstić information content (AvgIpc) is 3.69. The van der Waals surface area contributed by atoms with Crippen molar-refractivity contribution in [2.45, 2.75) is 0 Å². The van der Waals surface area contributed by atoms with Gasteiger partial charge in [-0.15, -0.1) is 0 Å². The molecule has 0 saturated carbocycles. The van der Waals surface area contributed by atoms with Crippen LogP contribution in [-0.2, 0) is 0 Å². The summed E-state index contributed by atoms with van der Waals surface area (Å²) in [5.41, 5.74) is 0. The number of hydrogen-bond donors (Lipinski definition) is 0. The maximum absolute atomic E-state index is 15.4. The molecule has 0 nitrogen and oxygen atoms in total. The van der Waals surface area contributed by atoms with E-state index in [9.17, 15) is 8.78 Å². The number of hydrogen-bond acceptors (Lipinski definition) is 2. The molecule has 6 heterocycles. The van der Waals surface area contributed by atoms with E-state index in [1.54, 1.807) is 32.6 Å². The van der Waals surface area contributed by atoms with Gasteiger partial charge in [0, 0.05) is 0 Å². The van der Waals surface area contributed by atoms with Gasteiger partial charge in [0.05, 0.1) is 0 Å². The van der Waals surface area contributed by atoms with E-state index in [-0.39, 0.29) is 81.3 Å². The third-order valence-corrected chi connectivity index (χ3v) is 18.6. The molecule has 0 aliphatic rings. The van der Waals surface area contributed by atoms with E-state index in [2.05, 4.69) is 12.1 Å². The number of thiophene rings is 2.